The van der Waals surface area contributed by atoms with Gasteiger partial charge < -0.3 is 10.4 Å². The Hall–Kier alpha value is -0.870. The molecule has 2 fully saturated rings. The summed E-state index contributed by atoms with van der Waals surface area (Å²) in [6, 6.07) is 2.65. The van der Waals surface area contributed by atoms with Crippen LogP contribution in [0, 0.1) is 0 Å². The fourth-order valence-electron chi connectivity index (χ4n) is 2.90. The molecule has 0 amide bonds. The number of nitrogens with one attached hydrogen (secondary N) is 1. The van der Waals surface area contributed by atoms with Crippen molar-refractivity contribution in [2.24, 2.45) is 0 Å². The molecule has 1 aliphatic heterocycles. The molecular formula is C13H21N3O. The molecule has 1 aromatic heterocycles. The van der Waals surface area contributed by atoms with Crippen LogP contribution in [0.15, 0.2) is 12.3 Å². The van der Waals surface area contributed by atoms with Gasteiger partial charge in [-0.1, -0.05) is 19.3 Å². The number of β-amino-alcohol motifs (C(OH)–C–C–N with tert-alkyl or cyclic N) is 1. The van der Waals surface area contributed by atoms with Crippen LogP contribution >= 0.6 is 0 Å². The van der Waals surface area contributed by atoms with E-state index in [0.717, 1.165) is 5.69 Å². The summed E-state index contributed by atoms with van der Waals surface area (Å²) in [5.41, 5.74) is 0.478. The van der Waals surface area contributed by atoms with Crippen LogP contribution in [0.25, 0.3) is 0 Å². The minimum absolute atomic E-state index is 0.550. The van der Waals surface area contributed by atoms with Crippen molar-refractivity contribution in [3.05, 3.63) is 18.0 Å². The molecule has 2 heterocycles. The molecule has 2 aliphatic rings. The summed E-state index contributed by atoms with van der Waals surface area (Å²) in [4.78, 5) is 0. The second-order valence-corrected chi connectivity index (χ2v) is 5.58. The lowest BCUT2D eigenvalue weighted by molar-refractivity contribution is -0.00997. The minimum Gasteiger partial charge on any atom is -0.387 e. The second kappa shape index (κ2) is 4.42. The third-order valence-corrected chi connectivity index (χ3v) is 4.03. The van der Waals surface area contributed by atoms with E-state index in [-0.39, 0.29) is 0 Å². The maximum absolute atomic E-state index is 10.1. The van der Waals surface area contributed by atoms with E-state index in [2.05, 4.69) is 27.4 Å². The topological polar surface area (TPSA) is 50.1 Å². The molecular weight excluding hydrogens is 214 g/mol. The van der Waals surface area contributed by atoms with E-state index < -0.39 is 5.60 Å². The Kier molecular flexibility index (Phi) is 2.92. The summed E-state index contributed by atoms with van der Waals surface area (Å²) in [6.45, 7) is 1.40. The summed E-state index contributed by atoms with van der Waals surface area (Å²) in [5.74, 6) is 0. The van der Waals surface area contributed by atoms with Crippen molar-refractivity contribution in [2.45, 2.75) is 50.2 Å². The van der Waals surface area contributed by atoms with Crippen molar-refractivity contribution in [3.8, 4) is 0 Å². The molecule has 0 spiro atoms. The van der Waals surface area contributed by atoms with Gasteiger partial charge in [-0.05, 0) is 18.9 Å². The van der Waals surface area contributed by atoms with Crippen molar-refractivity contribution < 1.29 is 5.11 Å². The smallest absolute Gasteiger partial charge is 0.0950 e. The maximum Gasteiger partial charge on any atom is 0.0950 e. The Balaban J connectivity index is 1.65. The number of aliphatic hydroxyl groups is 1. The van der Waals surface area contributed by atoms with E-state index in [4.69, 9.17) is 0 Å². The Bertz CT molecular complexity index is 378. The summed E-state index contributed by atoms with van der Waals surface area (Å²) >= 11 is 0. The zero-order valence-corrected chi connectivity index (χ0v) is 10.2. The molecule has 0 radical (unpaired) electrons. The zero-order chi connectivity index (χ0) is 11.7. The van der Waals surface area contributed by atoms with Gasteiger partial charge in [-0.25, -0.2) is 0 Å². The Morgan fingerprint density at radius 3 is 2.76 bits per heavy atom. The minimum atomic E-state index is -0.550. The van der Waals surface area contributed by atoms with Gasteiger partial charge in [0.05, 0.1) is 17.3 Å². The van der Waals surface area contributed by atoms with Crippen molar-refractivity contribution in [2.75, 3.05) is 13.1 Å². The fraction of sp³-hybridized carbons (Fsp3) is 0.769. The molecule has 0 atom stereocenters. The van der Waals surface area contributed by atoms with Gasteiger partial charge in [0.1, 0.15) is 0 Å². The lowest BCUT2D eigenvalue weighted by Crippen LogP contribution is -2.60. The monoisotopic (exact) mass is 235 g/mol. The van der Waals surface area contributed by atoms with Crippen molar-refractivity contribution >= 4 is 0 Å². The number of hydrogen-bond acceptors (Lipinski definition) is 3. The molecule has 3 rings (SSSR count). The highest BCUT2D eigenvalue weighted by Gasteiger charge is 2.35. The normalized spacial score (nSPS) is 24.5. The first-order chi connectivity index (χ1) is 8.25. The fourth-order valence-corrected chi connectivity index (χ4v) is 2.90. The van der Waals surface area contributed by atoms with Gasteiger partial charge in [-0.3, -0.25) is 4.68 Å². The van der Waals surface area contributed by atoms with Crippen LogP contribution in [0.2, 0.25) is 0 Å². The molecule has 94 valence electrons. The highest BCUT2D eigenvalue weighted by Crippen LogP contribution is 2.27. The van der Waals surface area contributed by atoms with E-state index in [0.29, 0.717) is 25.6 Å². The average molecular weight is 235 g/mol. The van der Waals surface area contributed by atoms with Crippen LogP contribution in [0.5, 0.6) is 0 Å². The van der Waals surface area contributed by atoms with Crippen LogP contribution in [0.1, 0.15) is 43.8 Å². The van der Waals surface area contributed by atoms with Gasteiger partial charge in [0.15, 0.2) is 0 Å². The third kappa shape index (κ3) is 2.38. The molecule has 17 heavy (non-hydrogen) atoms. The molecule has 4 nitrogen and oxygen atoms in total. The lowest BCUT2D eigenvalue weighted by Gasteiger charge is -2.37. The number of nitrogens with zero attached hydrogens (tertiary/aromatic N) is 2. The molecule has 4 heteroatoms. The molecule has 1 saturated heterocycles. The predicted molar refractivity (Wildman–Crippen MR) is 65.9 cm³/mol. The van der Waals surface area contributed by atoms with Gasteiger partial charge in [0.25, 0.3) is 0 Å². The van der Waals surface area contributed by atoms with Crippen LogP contribution in [-0.2, 0) is 6.42 Å². The first-order valence-corrected chi connectivity index (χ1v) is 6.72. The largest absolute Gasteiger partial charge is 0.387 e. The molecule has 1 aliphatic carbocycles. The number of hydrogen-bond donors (Lipinski definition) is 2. The van der Waals surface area contributed by atoms with Gasteiger partial charge >= 0.3 is 0 Å². The van der Waals surface area contributed by atoms with Gasteiger partial charge in [-0.15, -0.1) is 0 Å². The van der Waals surface area contributed by atoms with Gasteiger partial charge in [0.2, 0.25) is 0 Å². The first-order valence-electron chi connectivity index (χ1n) is 6.72. The van der Waals surface area contributed by atoms with Crippen molar-refractivity contribution in [1.82, 2.24) is 15.1 Å². The summed E-state index contributed by atoms with van der Waals surface area (Å²) < 4.78 is 2.12. The van der Waals surface area contributed by atoms with Crippen LogP contribution in [-0.4, -0.2) is 33.6 Å². The van der Waals surface area contributed by atoms with Crippen molar-refractivity contribution in [3.63, 3.8) is 0 Å². The quantitative estimate of drug-likeness (QED) is 0.829. The predicted octanol–water partition coefficient (Wildman–Crippen LogP) is 1.27. The maximum atomic E-state index is 10.1. The molecule has 0 bridgehead atoms. The van der Waals surface area contributed by atoms with Gasteiger partial charge in [0, 0.05) is 25.7 Å². The molecule has 0 aromatic carbocycles. The Morgan fingerprint density at radius 2 is 2.12 bits per heavy atom. The van der Waals surface area contributed by atoms with E-state index in [9.17, 15) is 5.11 Å². The van der Waals surface area contributed by atoms with Crippen LogP contribution in [0.4, 0.5) is 0 Å². The highest BCUT2D eigenvalue weighted by molar-refractivity contribution is 5.08. The molecule has 2 N–H and O–H groups in total. The lowest BCUT2D eigenvalue weighted by atomic mass is 9.92. The molecule has 1 saturated carbocycles. The average Bonchev–Trinajstić information content (AvgIpc) is 2.77. The number of aromatic nitrogens is 2. The van der Waals surface area contributed by atoms with E-state index in [1.54, 1.807) is 0 Å². The summed E-state index contributed by atoms with van der Waals surface area (Å²) in [7, 11) is 0. The third-order valence-electron chi connectivity index (χ3n) is 4.03. The van der Waals surface area contributed by atoms with E-state index in [1.807, 2.05) is 0 Å². The summed E-state index contributed by atoms with van der Waals surface area (Å²) in [6.07, 6.45) is 9.30. The van der Waals surface area contributed by atoms with Crippen molar-refractivity contribution in [1.29, 1.82) is 0 Å². The van der Waals surface area contributed by atoms with Gasteiger partial charge in [-0.2, -0.15) is 5.10 Å². The molecule has 1 aromatic rings. The number of rotatable bonds is 3. The first kappa shape index (κ1) is 11.2. The van der Waals surface area contributed by atoms with E-state index >= 15 is 0 Å². The van der Waals surface area contributed by atoms with E-state index in [1.165, 1.54) is 32.1 Å². The Morgan fingerprint density at radius 1 is 1.35 bits per heavy atom. The summed E-state index contributed by atoms with van der Waals surface area (Å²) in [5, 5.41) is 17.8. The molecule has 0 unspecified atom stereocenters. The van der Waals surface area contributed by atoms with Crippen LogP contribution < -0.4 is 5.32 Å². The second-order valence-electron chi connectivity index (χ2n) is 5.58. The SMILES string of the molecule is OC1(Cc2ccn(C3CCCCC3)n2)CNC1. The zero-order valence-electron chi connectivity index (χ0n) is 10.2. The Labute approximate surface area is 102 Å². The van der Waals surface area contributed by atoms with Crippen LogP contribution in [0.3, 0.4) is 0 Å². The standard InChI is InChI=1S/C13H21N3O/c17-13(9-14-10-13)8-11-6-7-16(15-11)12-4-2-1-3-5-12/h6-7,12,14,17H,1-5,8-10H2. The highest BCUT2D eigenvalue weighted by atomic mass is 16.3.